The van der Waals surface area contributed by atoms with Crippen LogP contribution in [0.1, 0.15) is 44.6 Å². The van der Waals surface area contributed by atoms with Crippen LogP contribution in [0.25, 0.3) is 6.08 Å². The average molecular weight is 645 g/mol. The van der Waals surface area contributed by atoms with Crippen molar-refractivity contribution in [3.05, 3.63) is 111 Å². The summed E-state index contributed by atoms with van der Waals surface area (Å²) < 4.78 is 20.0. The van der Waals surface area contributed by atoms with Crippen LogP contribution in [0.4, 0.5) is 15.8 Å². The number of nitro groups is 1. The van der Waals surface area contributed by atoms with Crippen molar-refractivity contribution in [1.82, 2.24) is 0 Å². The number of anilines is 1. The van der Waals surface area contributed by atoms with E-state index in [4.69, 9.17) is 4.74 Å². The Kier molecular flexibility index (Phi) is 10.5. The number of nitrogens with zero attached hydrogens (tertiary/aromatic N) is 2. The molecular formula is C36H37FN2O8. The number of rotatable bonds is 13. The van der Waals surface area contributed by atoms with Crippen LogP contribution in [-0.4, -0.2) is 51.4 Å². The normalized spacial score (nSPS) is 20.4. The fourth-order valence-electron chi connectivity index (χ4n) is 6.70. The molecule has 0 aromatic heterocycles. The molecule has 0 bridgehead atoms. The Morgan fingerprint density at radius 2 is 1.85 bits per heavy atom. The molecule has 1 heterocycles. The Bertz CT molecular complexity index is 1710. The van der Waals surface area contributed by atoms with Gasteiger partial charge in [0.15, 0.2) is 11.6 Å². The number of aliphatic hydroxyl groups excluding tert-OH is 2. The number of benzene rings is 3. The lowest BCUT2D eigenvalue weighted by molar-refractivity contribution is -0.384. The SMILES string of the molecule is CCC/C(=C\c1ccc(O)c(F)c1)CC[C@@H](O)C1=C(COc2ccccc2)C[C@H]2C(=O)N(c3cccc([N+](=O)[O-])c3)C(=O)[C@H]2[C@H]1CO. The third-order valence-electron chi connectivity index (χ3n) is 8.85. The highest BCUT2D eigenvalue weighted by atomic mass is 19.1. The number of halogens is 1. The van der Waals surface area contributed by atoms with Gasteiger partial charge in [0.1, 0.15) is 12.4 Å². The maximum atomic E-state index is 14.0. The van der Waals surface area contributed by atoms with E-state index in [0.717, 1.165) is 16.9 Å². The van der Waals surface area contributed by atoms with Gasteiger partial charge in [-0.3, -0.25) is 19.7 Å². The lowest BCUT2D eigenvalue weighted by Crippen LogP contribution is -2.40. The number of amides is 2. The molecule has 0 radical (unpaired) electrons. The topological polar surface area (TPSA) is 150 Å². The lowest BCUT2D eigenvalue weighted by Gasteiger charge is -2.36. The number of carbonyl (C=O) groups excluding carboxylic acids is 2. The molecule has 0 unspecified atom stereocenters. The summed E-state index contributed by atoms with van der Waals surface area (Å²) in [5.74, 6) is -4.47. The van der Waals surface area contributed by atoms with Gasteiger partial charge in [-0.05, 0) is 72.7 Å². The van der Waals surface area contributed by atoms with Crippen molar-refractivity contribution in [2.24, 2.45) is 17.8 Å². The third-order valence-corrected chi connectivity index (χ3v) is 8.85. The summed E-state index contributed by atoms with van der Waals surface area (Å²) in [4.78, 5) is 39.4. The predicted molar refractivity (Wildman–Crippen MR) is 173 cm³/mol. The predicted octanol–water partition coefficient (Wildman–Crippen LogP) is 5.96. The molecule has 3 N–H and O–H groups in total. The Morgan fingerprint density at radius 1 is 1.09 bits per heavy atom. The number of phenolic OH excluding ortho intramolecular Hbond substituents is 1. The summed E-state index contributed by atoms with van der Waals surface area (Å²) in [5, 5.41) is 43.4. The maximum Gasteiger partial charge on any atom is 0.271 e. The van der Waals surface area contributed by atoms with Crippen LogP contribution in [0.3, 0.4) is 0 Å². The zero-order valence-corrected chi connectivity index (χ0v) is 25.9. The first-order valence-electron chi connectivity index (χ1n) is 15.6. The third kappa shape index (κ3) is 7.26. The number of carbonyl (C=O) groups is 2. The number of hydrogen-bond acceptors (Lipinski definition) is 8. The van der Waals surface area contributed by atoms with Crippen molar-refractivity contribution in [2.45, 2.75) is 45.1 Å². The molecular weight excluding hydrogens is 607 g/mol. The molecule has 47 heavy (non-hydrogen) atoms. The highest BCUT2D eigenvalue weighted by Gasteiger charge is 2.55. The highest BCUT2D eigenvalue weighted by Crippen LogP contribution is 2.47. The van der Waals surface area contributed by atoms with Crippen LogP contribution in [0.15, 0.2) is 89.5 Å². The highest BCUT2D eigenvalue weighted by molar-refractivity contribution is 6.22. The summed E-state index contributed by atoms with van der Waals surface area (Å²) in [7, 11) is 0. The second-order valence-corrected chi connectivity index (χ2v) is 11.9. The summed E-state index contributed by atoms with van der Waals surface area (Å²) in [5.41, 5.74) is 2.36. The van der Waals surface area contributed by atoms with Crippen LogP contribution < -0.4 is 9.64 Å². The molecule has 0 spiro atoms. The minimum Gasteiger partial charge on any atom is -0.505 e. The fraction of sp³-hybridized carbons (Fsp3) is 0.333. The standard InChI is InChI=1S/C36H37FN2O8/c1-2-7-22(16-23-13-14-31(41)30(37)17-23)12-15-32(42)33-24(21-47-27-10-4-3-5-11-27)18-28-34(29(33)20-40)36(44)38(35(28)43)25-8-6-9-26(19-25)39(45)46/h3-6,8-11,13-14,16-17,19,28-29,32,34,40-42H,2,7,12,15,18,20-21H2,1H3/b22-16+/t28-,29+,32-,34-/m1/s1. The van der Waals surface area contributed by atoms with E-state index in [2.05, 4.69) is 0 Å². The van der Waals surface area contributed by atoms with Crippen LogP contribution in [0, 0.1) is 33.7 Å². The van der Waals surface area contributed by atoms with Gasteiger partial charge in [-0.15, -0.1) is 0 Å². The molecule has 4 atom stereocenters. The first kappa shape index (κ1) is 33.5. The summed E-state index contributed by atoms with van der Waals surface area (Å²) in [6, 6.07) is 18.4. The number of para-hydroxylation sites is 1. The fourth-order valence-corrected chi connectivity index (χ4v) is 6.70. The van der Waals surface area contributed by atoms with E-state index in [-0.39, 0.29) is 30.8 Å². The number of aliphatic hydroxyl groups is 2. The monoisotopic (exact) mass is 644 g/mol. The smallest absolute Gasteiger partial charge is 0.271 e. The van der Waals surface area contributed by atoms with E-state index in [9.17, 15) is 39.4 Å². The van der Waals surface area contributed by atoms with Crippen LogP contribution in [0.5, 0.6) is 11.5 Å². The molecule has 1 aliphatic carbocycles. The molecule has 1 fully saturated rings. The van der Waals surface area contributed by atoms with Gasteiger partial charge in [0.05, 0.1) is 35.2 Å². The number of ether oxygens (including phenoxy) is 1. The zero-order chi connectivity index (χ0) is 33.7. The van der Waals surface area contributed by atoms with Crippen LogP contribution in [-0.2, 0) is 9.59 Å². The largest absolute Gasteiger partial charge is 0.505 e. The van der Waals surface area contributed by atoms with E-state index in [1.807, 2.05) is 31.2 Å². The van der Waals surface area contributed by atoms with Gasteiger partial charge in [-0.1, -0.05) is 55.3 Å². The lowest BCUT2D eigenvalue weighted by atomic mass is 9.68. The molecule has 2 amide bonds. The van der Waals surface area contributed by atoms with Crippen molar-refractivity contribution in [2.75, 3.05) is 18.1 Å². The van der Waals surface area contributed by atoms with E-state index in [0.29, 0.717) is 35.3 Å². The Hall–Kier alpha value is -4.87. The van der Waals surface area contributed by atoms with E-state index in [1.54, 1.807) is 18.2 Å². The van der Waals surface area contributed by atoms with Crippen molar-refractivity contribution in [3.63, 3.8) is 0 Å². The number of non-ortho nitro benzene ring substituents is 1. The molecule has 3 aromatic carbocycles. The number of allylic oxidation sites excluding steroid dienone is 1. The number of imide groups is 1. The Labute approximate surface area is 271 Å². The van der Waals surface area contributed by atoms with Gasteiger partial charge < -0.3 is 20.1 Å². The minimum atomic E-state index is -1.10. The van der Waals surface area contributed by atoms with Crippen molar-refractivity contribution in [3.8, 4) is 11.5 Å². The number of aromatic hydroxyl groups is 1. The van der Waals surface area contributed by atoms with Gasteiger partial charge in [-0.2, -0.15) is 0 Å². The first-order chi connectivity index (χ1) is 22.6. The van der Waals surface area contributed by atoms with Crippen LogP contribution in [0.2, 0.25) is 0 Å². The maximum absolute atomic E-state index is 14.0. The quantitative estimate of drug-likeness (QED) is 0.0893. The van der Waals surface area contributed by atoms with Gasteiger partial charge in [0.2, 0.25) is 11.8 Å². The average Bonchev–Trinajstić information content (AvgIpc) is 3.32. The molecule has 0 saturated carbocycles. The van der Waals surface area contributed by atoms with E-state index < -0.39 is 58.8 Å². The van der Waals surface area contributed by atoms with Crippen LogP contribution >= 0.6 is 0 Å². The molecule has 1 saturated heterocycles. The van der Waals surface area contributed by atoms with Gasteiger partial charge >= 0.3 is 0 Å². The Balaban J connectivity index is 1.46. The number of phenols is 1. The molecule has 10 nitrogen and oxygen atoms in total. The molecule has 1 aliphatic heterocycles. The first-order valence-corrected chi connectivity index (χ1v) is 15.6. The molecule has 11 heteroatoms. The van der Waals surface area contributed by atoms with Crippen molar-refractivity contribution in [1.29, 1.82) is 0 Å². The van der Waals surface area contributed by atoms with Crippen molar-refractivity contribution >= 4 is 29.3 Å². The van der Waals surface area contributed by atoms with Gasteiger partial charge in [0, 0.05) is 18.1 Å². The number of nitro benzene ring substituents is 1. The van der Waals surface area contributed by atoms with Crippen molar-refractivity contribution < 1.29 is 39.0 Å². The zero-order valence-electron chi connectivity index (χ0n) is 25.9. The second-order valence-electron chi connectivity index (χ2n) is 11.9. The molecule has 3 aromatic rings. The van der Waals surface area contributed by atoms with Gasteiger partial charge in [0.25, 0.3) is 5.69 Å². The summed E-state index contributed by atoms with van der Waals surface area (Å²) in [6.45, 7) is 1.50. The van der Waals surface area contributed by atoms with E-state index in [1.165, 1.54) is 36.4 Å². The molecule has 2 aliphatic rings. The molecule has 5 rings (SSSR count). The second kappa shape index (κ2) is 14.7. The molecule has 246 valence electrons. The van der Waals surface area contributed by atoms with E-state index >= 15 is 0 Å². The number of hydrogen-bond donors (Lipinski definition) is 3. The minimum absolute atomic E-state index is 0.0127. The Morgan fingerprint density at radius 3 is 2.53 bits per heavy atom. The number of fused-ring (bicyclic) bond motifs is 1. The summed E-state index contributed by atoms with van der Waals surface area (Å²) in [6.07, 6.45) is 2.94. The van der Waals surface area contributed by atoms with Gasteiger partial charge in [-0.25, -0.2) is 9.29 Å². The summed E-state index contributed by atoms with van der Waals surface area (Å²) >= 11 is 0.